The van der Waals surface area contributed by atoms with Gasteiger partial charge in [0.25, 0.3) is 0 Å². The van der Waals surface area contributed by atoms with Crippen molar-refractivity contribution in [3.8, 4) is 11.5 Å². The lowest BCUT2D eigenvalue weighted by atomic mass is 10.2. The maximum atomic E-state index is 10.1. The van der Waals surface area contributed by atoms with E-state index in [2.05, 4.69) is 5.32 Å². The Bertz CT molecular complexity index is 455. The van der Waals surface area contributed by atoms with Crippen molar-refractivity contribution in [2.75, 3.05) is 37.7 Å². The highest BCUT2D eigenvalue weighted by Gasteiger charge is 2.28. The highest BCUT2D eigenvalue weighted by atomic mass is 35.5. The first-order chi connectivity index (χ1) is 8.77. The van der Waals surface area contributed by atoms with E-state index in [9.17, 15) is 5.11 Å². The minimum absolute atomic E-state index is 0.503. The molecule has 0 bridgehead atoms. The SMILES string of the molecule is OC1CNCCN1c1c(Cl)ccc2c1OCCO2. The van der Waals surface area contributed by atoms with Crippen LogP contribution in [-0.4, -0.2) is 44.2 Å². The monoisotopic (exact) mass is 270 g/mol. The number of aliphatic hydroxyl groups excluding tert-OH is 1. The van der Waals surface area contributed by atoms with Crippen molar-refractivity contribution < 1.29 is 14.6 Å². The summed E-state index contributed by atoms with van der Waals surface area (Å²) in [4.78, 5) is 1.85. The Labute approximate surface area is 110 Å². The van der Waals surface area contributed by atoms with Gasteiger partial charge >= 0.3 is 0 Å². The summed E-state index contributed by atoms with van der Waals surface area (Å²) >= 11 is 6.25. The van der Waals surface area contributed by atoms with E-state index in [1.807, 2.05) is 4.90 Å². The molecule has 2 N–H and O–H groups in total. The van der Waals surface area contributed by atoms with E-state index in [-0.39, 0.29) is 0 Å². The van der Waals surface area contributed by atoms with E-state index in [0.717, 1.165) is 12.2 Å². The summed E-state index contributed by atoms with van der Waals surface area (Å²) in [7, 11) is 0. The predicted molar refractivity (Wildman–Crippen MR) is 68.7 cm³/mol. The number of rotatable bonds is 1. The van der Waals surface area contributed by atoms with Crippen LogP contribution in [0.5, 0.6) is 11.5 Å². The minimum Gasteiger partial charge on any atom is -0.486 e. The topological polar surface area (TPSA) is 54.0 Å². The second-order valence-corrected chi connectivity index (χ2v) is 4.71. The van der Waals surface area contributed by atoms with Crippen LogP contribution in [0.1, 0.15) is 0 Å². The summed E-state index contributed by atoms with van der Waals surface area (Å²) in [5, 5.41) is 13.8. The molecule has 1 aromatic rings. The molecule has 18 heavy (non-hydrogen) atoms. The van der Waals surface area contributed by atoms with Crippen LogP contribution in [0.15, 0.2) is 12.1 Å². The van der Waals surface area contributed by atoms with Gasteiger partial charge in [0.1, 0.15) is 25.1 Å². The second kappa shape index (κ2) is 4.84. The number of halogens is 1. The number of ether oxygens (including phenoxy) is 2. The fourth-order valence-corrected chi connectivity index (χ4v) is 2.55. The number of nitrogens with one attached hydrogen (secondary N) is 1. The lowest BCUT2D eigenvalue weighted by Gasteiger charge is -2.36. The highest BCUT2D eigenvalue weighted by molar-refractivity contribution is 6.33. The number of benzene rings is 1. The molecule has 1 unspecified atom stereocenters. The van der Waals surface area contributed by atoms with Gasteiger partial charge in [-0.05, 0) is 12.1 Å². The van der Waals surface area contributed by atoms with Crippen LogP contribution in [-0.2, 0) is 0 Å². The van der Waals surface area contributed by atoms with E-state index < -0.39 is 6.23 Å². The zero-order valence-corrected chi connectivity index (χ0v) is 10.6. The van der Waals surface area contributed by atoms with Crippen LogP contribution < -0.4 is 19.7 Å². The Morgan fingerprint density at radius 1 is 1.33 bits per heavy atom. The standard InChI is InChI=1S/C12H15ClN2O3/c13-8-1-2-9-12(18-6-5-17-9)11(8)15-4-3-14-7-10(15)16/h1-2,10,14,16H,3-7H2. The van der Waals surface area contributed by atoms with Crippen LogP contribution in [0.3, 0.4) is 0 Å². The van der Waals surface area contributed by atoms with Crippen molar-refractivity contribution in [1.29, 1.82) is 0 Å². The Morgan fingerprint density at radius 3 is 3.00 bits per heavy atom. The summed E-state index contributed by atoms with van der Waals surface area (Å²) in [6, 6.07) is 3.58. The first-order valence-electron chi connectivity index (χ1n) is 6.01. The molecule has 1 fully saturated rings. The first-order valence-corrected chi connectivity index (χ1v) is 6.38. The summed E-state index contributed by atoms with van der Waals surface area (Å²) < 4.78 is 11.2. The van der Waals surface area contributed by atoms with Gasteiger partial charge in [-0.1, -0.05) is 11.6 Å². The molecule has 0 aliphatic carbocycles. The Balaban J connectivity index is 2.04. The van der Waals surface area contributed by atoms with Crippen molar-refractivity contribution in [1.82, 2.24) is 5.32 Å². The maximum absolute atomic E-state index is 10.1. The molecule has 1 aromatic carbocycles. The fourth-order valence-electron chi connectivity index (χ4n) is 2.30. The molecule has 3 rings (SSSR count). The Kier molecular flexibility index (Phi) is 3.20. The van der Waals surface area contributed by atoms with E-state index in [1.54, 1.807) is 12.1 Å². The van der Waals surface area contributed by atoms with Gasteiger partial charge in [-0.15, -0.1) is 0 Å². The highest BCUT2D eigenvalue weighted by Crippen LogP contribution is 2.44. The number of anilines is 1. The lowest BCUT2D eigenvalue weighted by Crippen LogP contribution is -2.51. The molecule has 2 aliphatic rings. The van der Waals surface area contributed by atoms with Crippen molar-refractivity contribution >= 4 is 17.3 Å². The predicted octanol–water partition coefficient (Wildman–Crippen LogP) is 0.839. The molecule has 0 radical (unpaired) electrons. The molecule has 2 aliphatic heterocycles. The molecule has 0 spiro atoms. The van der Waals surface area contributed by atoms with Gasteiger partial charge in [-0.2, -0.15) is 0 Å². The molecule has 1 saturated heterocycles. The smallest absolute Gasteiger partial charge is 0.186 e. The largest absolute Gasteiger partial charge is 0.486 e. The molecular formula is C12H15ClN2O3. The molecule has 6 heteroatoms. The Morgan fingerprint density at radius 2 is 2.17 bits per heavy atom. The van der Waals surface area contributed by atoms with E-state index >= 15 is 0 Å². The van der Waals surface area contributed by atoms with Crippen molar-refractivity contribution in [2.24, 2.45) is 0 Å². The third-order valence-corrected chi connectivity index (χ3v) is 3.44. The van der Waals surface area contributed by atoms with Crippen LogP contribution in [0, 0.1) is 0 Å². The summed E-state index contributed by atoms with van der Waals surface area (Å²) in [5.74, 6) is 1.32. The third-order valence-electron chi connectivity index (χ3n) is 3.14. The van der Waals surface area contributed by atoms with Crippen LogP contribution in [0.4, 0.5) is 5.69 Å². The van der Waals surface area contributed by atoms with Gasteiger partial charge in [0.2, 0.25) is 0 Å². The number of nitrogens with zero attached hydrogens (tertiary/aromatic N) is 1. The van der Waals surface area contributed by atoms with Gasteiger partial charge in [0.05, 0.1) is 5.02 Å². The number of hydrogen-bond donors (Lipinski definition) is 2. The molecule has 5 nitrogen and oxygen atoms in total. The quantitative estimate of drug-likeness (QED) is 0.792. The van der Waals surface area contributed by atoms with Crippen molar-refractivity contribution in [3.63, 3.8) is 0 Å². The summed E-state index contributed by atoms with van der Waals surface area (Å²) in [6.07, 6.45) is -0.603. The van der Waals surface area contributed by atoms with Gasteiger partial charge in [-0.25, -0.2) is 0 Å². The van der Waals surface area contributed by atoms with Gasteiger partial charge in [0.15, 0.2) is 11.5 Å². The zero-order valence-electron chi connectivity index (χ0n) is 9.86. The van der Waals surface area contributed by atoms with Crippen LogP contribution in [0.25, 0.3) is 0 Å². The molecular weight excluding hydrogens is 256 g/mol. The molecule has 1 atom stereocenters. The zero-order chi connectivity index (χ0) is 12.5. The van der Waals surface area contributed by atoms with Crippen molar-refractivity contribution in [3.05, 3.63) is 17.2 Å². The number of aliphatic hydroxyl groups is 1. The summed E-state index contributed by atoms with van der Waals surface area (Å²) in [5.41, 5.74) is 0.725. The molecule has 2 heterocycles. The molecule has 0 amide bonds. The Hall–Kier alpha value is -1.17. The van der Waals surface area contributed by atoms with E-state index in [1.165, 1.54) is 0 Å². The molecule has 0 aromatic heterocycles. The molecule has 0 saturated carbocycles. The first kappa shape index (κ1) is 11.9. The normalized spacial score (nSPS) is 23.0. The van der Waals surface area contributed by atoms with E-state index in [0.29, 0.717) is 42.8 Å². The second-order valence-electron chi connectivity index (χ2n) is 4.30. The average molecular weight is 271 g/mol. The van der Waals surface area contributed by atoms with Gasteiger partial charge < -0.3 is 24.8 Å². The maximum Gasteiger partial charge on any atom is 0.186 e. The van der Waals surface area contributed by atoms with Gasteiger partial charge in [0, 0.05) is 19.6 Å². The van der Waals surface area contributed by atoms with Crippen molar-refractivity contribution in [2.45, 2.75) is 6.23 Å². The fraction of sp³-hybridized carbons (Fsp3) is 0.500. The van der Waals surface area contributed by atoms with E-state index in [4.69, 9.17) is 21.1 Å². The third kappa shape index (κ3) is 1.98. The number of hydrogen-bond acceptors (Lipinski definition) is 5. The van der Waals surface area contributed by atoms with Crippen LogP contribution in [0.2, 0.25) is 5.02 Å². The van der Waals surface area contributed by atoms with Crippen LogP contribution >= 0.6 is 11.6 Å². The summed E-state index contributed by atoms with van der Waals surface area (Å²) in [6.45, 7) is 3.04. The number of fused-ring (bicyclic) bond motifs is 1. The van der Waals surface area contributed by atoms with Gasteiger partial charge in [-0.3, -0.25) is 0 Å². The lowest BCUT2D eigenvalue weighted by molar-refractivity contribution is 0.146. The molecule has 98 valence electrons. The minimum atomic E-state index is -0.603. The number of β-amino-alcohol motifs (C(OH)–C–C–N with tert-alkyl or cyclic N) is 1. The number of piperazine rings is 1. The average Bonchev–Trinajstić information content (AvgIpc) is 2.40.